The molecular weight excluding hydrogens is 401 g/mol. The summed E-state index contributed by atoms with van der Waals surface area (Å²) in [5, 5.41) is 10.9. The van der Waals surface area contributed by atoms with Crippen molar-refractivity contribution in [2.75, 3.05) is 36.5 Å². The van der Waals surface area contributed by atoms with Crippen LogP contribution in [0, 0.1) is 5.82 Å². The van der Waals surface area contributed by atoms with E-state index in [1.54, 1.807) is 18.3 Å². The second-order valence-corrected chi connectivity index (χ2v) is 6.32. The highest BCUT2D eigenvalue weighted by Crippen LogP contribution is 2.28. The number of nitrogens with zero attached hydrogens (tertiary/aromatic N) is 5. The number of halogens is 3. The van der Waals surface area contributed by atoms with Gasteiger partial charge in [0.25, 0.3) is 0 Å². The molecule has 0 saturated carbocycles. The molecule has 1 fully saturated rings. The average molecular weight is 418 g/mol. The normalized spacial score (nSPS) is 14.1. The molecule has 2 aromatic heterocycles. The van der Waals surface area contributed by atoms with Crippen LogP contribution >= 0.6 is 0 Å². The average Bonchev–Trinajstić information content (AvgIpc) is 2.74. The third kappa shape index (κ3) is 4.74. The first kappa shape index (κ1) is 19.8. The second-order valence-electron chi connectivity index (χ2n) is 6.32. The van der Waals surface area contributed by atoms with E-state index in [9.17, 15) is 13.2 Å². The van der Waals surface area contributed by atoms with Gasteiger partial charge in [-0.3, -0.25) is 0 Å². The Morgan fingerprint density at radius 1 is 1.10 bits per heavy atom. The van der Waals surface area contributed by atoms with Gasteiger partial charge in [0.1, 0.15) is 17.4 Å². The lowest BCUT2D eigenvalue weighted by Crippen LogP contribution is -2.37. The zero-order chi connectivity index (χ0) is 20.9. The third-order valence-electron chi connectivity index (χ3n) is 4.32. The Morgan fingerprint density at radius 2 is 1.93 bits per heavy atom. The van der Waals surface area contributed by atoms with Gasteiger partial charge in [-0.2, -0.15) is 18.9 Å². The van der Waals surface area contributed by atoms with Gasteiger partial charge in [0, 0.05) is 36.5 Å². The van der Waals surface area contributed by atoms with Crippen molar-refractivity contribution in [2.45, 2.75) is 6.61 Å². The maximum absolute atomic E-state index is 14.4. The summed E-state index contributed by atoms with van der Waals surface area (Å²) in [5.74, 6) is 0.422. The lowest BCUT2D eigenvalue weighted by Gasteiger charge is -2.26. The van der Waals surface area contributed by atoms with Crippen LogP contribution in [0.4, 0.5) is 30.8 Å². The van der Waals surface area contributed by atoms with Gasteiger partial charge in [0.05, 0.1) is 19.4 Å². The van der Waals surface area contributed by atoms with E-state index in [0.717, 1.165) is 6.07 Å². The summed E-state index contributed by atoms with van der Waals surface area (Å²) in [7, 11) is 0. The molecule has 30 heavy (non-hydrogen) atoms. The number of hydrogen-bond donors (Lipinski definition) is 1. The molecule has 1 aliphatic heterocycles. The van der Waals surface area contributed by atoms with E-state index in [2.05, 4.69) is 30.2 Å². The van der Waals surface area contributed by atoms with E-state index >= 15 is 0 Å². The fourth-order valence-electron chi connectivity index (χ4n) is 2.95. The molecule has 1 N–H and O–H groups in total. The molecule has 0 bridgehead atoms. The van der Waals surface area contributed by atoms with Gasteiger partial charge >= 0.3 is 6.61 Å². The predicted octanol–water partition coefficient (Wildman–Crippen LogP) is 3.25. The summed E-state index contributed by atoms with van der Waals surface area (Å²) in [6.45, 7) is -0.404. The van der Waals surface area contributed by atoms with Crippen LogP contribution < -0.4 is 15.0 Å². The molecule has 1 aromatic carbocycles. The molecule has 0 radical (unpaired) electrons. The molecule has 1 aliphatic rings. The van der Waals surface area contributed by atoms with E-state index in [0.29, 0.717) is 49.5 Å². The summed E-state index contributed by atoms with van der Waals surface area (Å²) in [6.07, 6.45) is 3.00. The van der Waals surface area contributed by atoms with Crippen molar-refractivity contribution in [3.05, 3.63) is 48.5 Å². The standard InChI is InChI=1S/C19H17F3N6O2/c20-15-10-13(30-18(21)22)1-2-14(15)12-9-17(27-24-11-12)25-16-3-4-23-19(26-16)28-5-7-29-8-6-28/h1-4,9-11,18H,5-8H2,(H,23,25,26,27). The Kier molecular flexibility index (Phi) is 5.89. The fourth-order valence-corrected chi connectivity index (χ4v) is 2.95. The predicted molar refractivity (Wildman–Crippen MR) is 102 cm³/mol. The SMILES string of the molecule is Fc1cc(OC(F)F)ccc1-c1cnnc(Nc2ccnc(N3CCOCC3)n2)c1. The van der Waals surface area contributed by atoms with Crippen LogP contribution in [0.5, 0.6) is 5.75 Å². The van der Waals surface area contributed by atoms with Crippen LogP contribution in [0.15, 0.2) is 42.7 Å². The number of hydrogen-bond acceptors (Lipinski definition) is 8. The summed E-state index contributed by atoms with van der Waals surface area (Å²) < 4.78 is 48.5. The van der Waals surface area contributed by atoms with Crippen LogP contribution in [0.25, 0.3) is 11.1 Å². The van der Waals surface area contributed by atoms with Crippen molar-refractivity contribution in [1.82, 2.24) is 20.2 Å². The lowest BCUT2D eigenvalue weighted by atomic mass is 10.1. The highest BCUT2D eigenvalue weighted by molar-refractivity contribution is 5.68. The lowest BCUT2D eigenvalue weighted by molar-refractivity contribution is -0.0499. The Labute approximate surface area is 169 Å². The van der Waals surface area contributed by atoms with Gasteiger partial charge in [0.15, 0.2) is 5.82 Å². The Balaban J connectivity index is 1.53. The number of alkyl halides is 2. The van der Waals surface area contributed by atoms with Crippen LogP contribution in [0.3, 0.4) is 0 Å². The van der Waals surface area contributed by atoms with E-state index < -0.39 is 12.4 Å². The van der Waals surface area contributed by atoms with Crippen molar-refractivity contribution in [3.63, 3.8) is 0 Å². The van der Waals surface area contributed by atoms with Crippen LogP contribution in [-0.4, -0.2) is 53.1 Å². The van der Waals surface area contributed by atoms with Crippen molar-refractivity contribution in [1.29, 1.82) is 0 Å². The molecule has 156 valence electrons. The molecule has 0 atom stereocenters. The molecule has 3 heterocycles. The van der Waals surface area contributed by atoms with Gasteiger partial charge in [-0.05, 0) is 24.3 Å². The summed E-state index contributed by atoms with van der Waals surface area (Å²) >= 11 is 0. The van der Waals surface area contributed by atoms with Gasteiger partial charge in [-0.1, -0.05) is 0 Å². The van der Waals surface area contributed by atoms with Gasteiger partial charge in [0.2, 0.25) is 5.95 Å². The van der Waals surface area contributed by atoms with Gasteiger partial charge < -0.3 is 19.7 Å². The van der Waals surface area contributed by atoms with Gasteiger partial charge in [-0.25, -0.2) is 9.37 Å². The van der Waals surface area contributed by atoms with Crippen molar-refractivity contribution < 1.29 is 22.6 Å². The number of morpholine rings is 1. The van der Waals surface area contributed by atoms with E-state index in [-0.39, 0.29) is 11.3 Å². The van der Waals surface area contributed by atoms with Crippen molar-refractivity contribution >= 4 is 17.6 Å². The third-order valence-corrected chi connectivity index (χ3v) is 4.32. The van der Waals surface area contributed by atoms with E-state index in [1.807, 2.05) is 4.90 Å². The largest absolute Gasteiger partial charge is 0.435 e. The first-order valence-corrected chi connectivity index (χ1v) is 9.09. The maximum atomic E-state index is 14.4. The number of benzene rings is 1. The van der Waals surface area contributed by atoms with Crippen molar-refractivity contribution in [2.24, 2.45) is 0 Å². The van der Waals surface area contributed by atoms with Crippen LogP contribution in [-0.2, 0) is 4.74 Å². The smallest absolute Gasteiger partial charge is 0.387 e. The first-order valence-electron chi connectivity index (χ1n) is 9.09. The fraction of sp³-hybridized carbons (Fsp3) is 0.263. The first-order chi connectivity index (χ1) is 14.6. The number of anilines is 3. The molecule has 0 spiro atoms. The minimum atomic E-state index is -3.02. The molecule has 8 nitrogen and oxygen atoms in total. The van der Waals surface area contributed by atoms with Crippen LogP contribution in [0.2, 0.25) is 0 Å². The Morgan fingerprint density at radius 3 is 2.70 bits per heavy atom. The molecule has 0 unspecified atom stereocenters. The Hall–Kier alpha value is -3.47. The number of rotatable bonds is 6. The maximum Gasteiger partial charge on any atom is 0.387 e. The molecule has 4 rings (SSSR count). The van der Waals surface area contributed by atoms with Crippen molar-refractivity contribution in [3.8, 4) is 16.9 Å². The topological polar surface area (TPSA) is 85.3 Å². The quantitative estimate of drug-likeness (QED) is 0.653. The molecule has 3 aromatic rings. The Bertz CT molecular complexity index is 1020. The van der Waals surface area contributed by atoms with Crippen LogP contribution in [0.1, 0.15) is 0 Å². The van der Waals surface area contributed by atoms with Gasteiger partial charge in [-0.15, -0.1) is 5.10 Å². The zero-order valence-electron chi connectivity index (χ0n) is 15.6. The number of ether oxygens (including phenoxy) is 2. The minimum Gasteiger partial charge on any atom is -0.435 e. The molecule has 0 amide bonds. The highest BCUT2D eigenvalue weighted by atomic mass is 19.3. The summed E-state index contributed by atoms with van der Waals surface area (Å²) in [4.78, 5) is 10.8. The molecule has 1 saturated heterocycles. The molecule has 11 heteroatoms. The molecular formula is C19H17F3N6O2. The summed E-state index contributed by atoms with van der Waals surface area (Å²) in [5.41, 5.74) is 0.585. The highest BCUT2D eigenvalue weighted by Gasteiger charge is 2.15. The zero-order valence-corrected chi connectivity index (χ0v) is 15.6. The van der Waals surface area contributed by atoms with E-state index in [4.69, 9.17) is 4.74 Å². The summed E-state index contributed by atoms with van der Waals surface area (Å²) in [6, 6.07) is 6.76. The second kappa shape index (κ2) is 8.91. The number of nitrogens with one attached hydrogen (secondary N) is 1. The number of aromatic nitrogens is 4. The monoisotopic (exact) mass is 418 g/mol. The van der Waals surface area contributed by atoms with E-state index in [1.165, 1.54) is 18.3 Å². The molecule has 0 aliphatic carbocycles. The minimum absolute atomic E-state index is 0.172.